The van der Waals surface area contributed by atoms with Gasteiger partial charge in [0, 0.05) is 18.1 Å². The Bertz CT molecular complexity index is 992. The standard InChI is InChI=1S/C13H10.C11H9NO2/c1-3-7-12-10(5-1)9-11-6-2-4-8-13(11)12;13-10-7-9(11(14)12-10)6-8-4-2-1-3-5-8/h1-8H,9H2;1-5,7H,6H2,(H,12,13,14). The van der Waals surface area contributed by atoms with Crippen LogP contribution >= 0.6 is 0 Å². The summed E-state index contributed by atoms with van der Waals surface area (Å²) in [5, 5.41) is 2.22. The molecule has 0 fully saturated rings. The Morgan fingerprint density at radius 3 is 1.81 bits per heavy atom. The van der Waals surface area contributed by atoms with Crippen LogP contribution in [0.1, 0.15) is 16.7 Å². The Kier molecular flexibility index (Phi) is 4.67. The number of carbonyl (C=O) groups is 2. The zero-order chi connectivity index (χ0) is 18.6. The Labute approximate surface area is 158 Å². The van der Waals surface area contributed by atoms with Crippen LogP contribution in [0, 0.1) is 0 Å². The topological polar surface area (TPSA) is 46.2 Å². The highest BCUT2D eigenvalue weighted by Gasteiger charge is 2.20. The van der Waals surface area contributed by atoms with E-state index in [1.807, 2.05) is 30.3 Å². The van der Waals surface area contributed by atoms with Crippen LogP contribution in [0.4, 0.5) is 0 Å². The number of fused-ring (bicyclic) bond motifs is 3. The van der Waals surface area contributed by atoms with Gasteiger partial charge in [-0.15, -0.1) is 0 Å². The maximum atomic E-state index is 11.2. The third-order valence-electron chi connectivity index (χ3n) is 4.78. The van der Waals surface area contributed by atoms with Crippen molar-refractivity contribution in [2.24, 2.45) is 0 Å². The van der Waals surface area contributed by atoms with Gasteiger partial charge in [-0.2, -0.15) is 0 Å². The fourth-order valence-corrected chi connectivity index (χ4v) is 3.48. The molecule has 1 aliphatic heterocycles. The van der Waals surface area contributed by atoms with E-state index in [-0.39, 0.29) is 11.8 Å². The predicted molar refractivity (Wildman–Crippen MR) is 106 cm³/mol. The van der Waals surface area contributed by atoms with Gasteiger partial charge in [-0.1, -0.05) is 78.9 Å². The lowest BCUT2D eigenvalue weighted by Gasteiger charge is -1.99. The van der Waals surface area contributed by atoms with E-state index in [4.69, 9.17) is 0 Å². The van der Waals surface area contributed by atoms with E-state index in [9.17, 15) is 9.59 Å². The second-order valence-corrected chi connectivity index (χ2v) is 6.64. The monoisotopic (exact) mass is 353 g/mol. The van der Waals surface area contributed by atoms with Crippen LogP contribution in [-0.4, -0.2) is 11.8 Å². The smallest absolute Gasteiger partial charge is 0.254 e. The van der Waals surface area contributed by atoms with Crippen LogP contribution < -0.4 is 5.32 Å². The van der Waals surface area contributed by atoms with Crippen LogP contribution in [0.2, 0.25) is 0 Å². The van der Waals surface area contributed by atoms with Gasteiger partial charge in [0.15, 0.2) is 0 Å². The molecule has 3 nitrogen and oxygen atoms in total. The lowest BCUT2D eigenvalue weighted by molar-refractivity contribution is -0.123. The molecule has 1 aliphatic carbocycles. The molecule has 3 aromatic carbocycles. The van der Waals surface area contributed by atoms with Crippen molar-refractivity contribution >= 4 is 11.8 Å². The molecule has 3 aromatic rings. The molecule has 1 heterocycles. The summed E-state index contributed by atoms with van der Waals surface area (Å²) in [5.74, 6) is -0.597. The molecule has 0 unspecified atom stereocenters. The molecule has 0 aromatic heterocycles. The molecular weight excluding hydrogens is 334 g/mol. The van der Waals surface area contributed by atoms with Crippen molar-refractivity contribution in [2.45, 2.75) is 12.8 Å². The quantitative estimate of drug-likeness (QED) is 0.552. The molecule has 0 saturated heterocycles. The van der Waals surface area contributed by atoms with Crippen LogP contribution in [0.3, 0.4) is 0 Å². The first-order valence-electron chi connectivity index (χ1n) is 8.97. The lowest BCUT2D eigenvalue weighted by atomic mass is 10.1. The van der Waals surface area contributed by atoms with Gasteiger partial charge < -0.3 is 0 Å². The lowest BCUT2D eigenvalue weighted by Crippen LogP contribution is -2.22. The minimum Gasteiger partial charge on any atom is -0.289 e. The number of carbonyl (C=O) groups excluding carboxylic acids is 2. The van der Waals surface area contributed by atoms with E-state index in [1.54, 1.807) is 0 Å². The Hall–Kier alpha value is -3.46. The fraction of sp³-hybridized carbons (Fsp3) is 0.0833. The van der Waals surface area contributed by atoms with Gasteiger partial charge in [0.2, 0.25) is 0 Å². The molecule has 2 aliphatic rings. The second-order valence-electron chi connectivity index (χ2n) is 6.64. The molecule has 3 heteroatoms. The number of imide groups is 1. The Morgan fingerprint density at radius 1 is 0.704 bits per heavy atom. The molecule has 0 atom stereocenters. The van der Waals surface area contributed by atoms with Crippen molar-refractivity contribution in [3.63, 3.8) is 0 Å². The number of hydrogen-bond donors (Lipinski definition) is 1. The van der Waals surface area contributed by atoms with E-state index in [1.165, 1.54) is 28.3 Å². The largest absolute Gasteiger partial charge is 0.289 e. The van der Waals surface area contributed by atoms with Crippen LogP contribution in [-0.2, 0) is 22.4 Å². The zero-order valence-electron chi connectivity index (χ0n) is 14.8. The van der Waals surface area contributed by atoms with E-state index in [2.05, 4.69) is 53.8 Å². The molecule has 0 radical (unpaired) electrons. The fourth-order valence-electron chi connectivity index (χ4n) is 3.48. The first-order valence-corrected chi connectivity index (χ1v) is 8.97. The third kappa shape index (κ3) is 3.72. The van der Waals surface area contributed by atoms with Crippen LogP contribution in [0.25, 0.3) is 11.1 Å². The summed E-state index contributed by atoms with van der Waals surface area (Å²) in [6.45, 7) is 0. The first kappa shape index (κ1) is 17.0. The molecule has 0 bridgehead atoms. The number of benzene rings is 3. The Morgan fingerprint density at radius 2 is 1.26 bits per heavy atom. The SMILES string of the molecule is O=C1C=C(Cc2ccccc2)C(=O)N1.c1ccc2c(c1)Cc1ccccc1-2. The van der Waals surface area contributed by atoms with Crippen molar-refractivity contribution in [2.75, 3.05) is 0 Å². The van der Waals surface area contributed by atoms with Gasteiger partial charge in [-0.25, -0.2) is 0 Å². The van der Waals surface area contributed by atoms with Gasteiger partial charge in [0.1, 0.15) is 0 Å². The molecule has 5 rings (SSSR count). The number of rotatable bonds is 2. The molecule has 0 spiro atoms. The molecule has 0 saturated carbocycles. The van der Waals surface area contributed by atoms with E-state index in [0.29, 0.717) is 12.0 Å². The van der Waals surface area contributed by atoms with Gasteiger partial charge >= 0.3 is 0 Å². The molecule has 2 amide bonds. The maximum absolute atomic E-state index is 11.2. The van der Waals surface area contributed by atoms with Gasteiger partial charge in [-0.3, -0.25) is 14.9 Å². The van der Waals surface area contributed by atoms with Gasteiger partial charge in [0.25, 0.3) is 11.8 Å². The first-order chi connectivity index (χ1) is 13.2. The minimum atomic E-state index is -0.319. The van der Waals surface area contributed by atoms with Crippen molar-refractivity contribution < 1.29 is 9.59 Å². The van der Waals surface area contributed by atoms with Crippen molar-refractivity contribution in [1.82, 2.24) is 5.32 Å². The summed E-state index contributed by atoms with van der Waals surface area (Å²) < 4.78 is 0. The summed E-state index contributed by atoms with van der Waals surface area (Å²) >= 11 is 0. The van der Waals surface area contributed by atoms with Gasteiger partial charge in [-0.05, 0) is 34.2 Å². The molecule has 27 heavy (non-hydrogen) atoms. The molecular formula is C24H19NO2. The highest BCUT2D eigenvalue weighted by Crippen LogP contribution is 2.35. The zero-order valence-corrected chi connectivity index (χ0v) is 14.8. The van der Waals surface area contributed by atoms with E-state index < -0.39 is 0 Å². The average molecular weight is 353 g/mol. The van der Waals surface area contributed by atoms with Crippen molar-refractivity contribution in [3.05, 3.63) is 107 Å². The van der Waals surface area contributed by atoms with Crippen LogP contribution in [0.15, 0.2) is 90.5 Å². The third-order valence-corrected chi connectivity index (χ3v) is 4.78. The average Bonchev–Trinajstić information content (AvgIpc) is 3.22. The minimum absolute atomic E-state index is 0.279. The van der Waals surface area contributed by atoms with E-state index >= 15 is 0 Å². The summed E-state index contributed by atoms with van der Waals surface area (Å²) in [6.07, 6.45) is 2.97. The number of amides is 2. The normalized spacial score (nSPS) is 13.9. The Balaban J connectivity index is 0.000000134. The highest BCUT2D eigenvalue weighted by molar-refractivity contribution is 6.16. The molecule has 1 N–H and O–H groups in total. The van der Waals surface area contributed by atoms with Gasteiger partial charge in [0.05, 0.1) is 0 Å². The maximum Gasteiger partial charge on any atom is 0.254 e. The van der Waals surface area contributed by atoms with Crippen molar-refractivity contribution in [3.8, 4) is 11.1 Å². The second kappa shape index (κ2) is 7.42. The predicted octanol–water partition coefficient (Wildman–Crippen LogP) is 4.07. The molecule has 132 valence electrons. The summed E-state index contributed by atoms with van der Waals surface area (Å²) in [7, 11) is 0. The summed E-state index contributed by atoms with van der Waals surface area (Å²) in [6, 6.07) is 26.9. The summed E-state index contributed by atoms with van der Waals surface area (Å²) in [4.78, 5) is 22.0. The number of nitrogens with one attached hydrogen (secondary N) is 1. The number of hydrogen-bond acceptors (Lipinski definition) is 2. The van der Waals surface area contributed by atoms with E-state index in [0.717, 1.165) is 12.0 Å². The van der Waals surface area contributed by atoms with Crippen molar-refractivity contribution in [1.29, 1.82) is 0 Å². The summed E-state index contributed by atoms with van der Waals surface area (Å²) in [5.41, 5.74) is 7.31. The highest BCUT2D eigenvalue weighted by atomic mass is 16.2. The van der Waals surface area contributed by atoms with Crippen LogP contribution in [0.5, 0.6) is 0 Å².